The van der Waals surface area contributed by atoms with Crippen LogP contribution in [0, 0.1) is 0 Å². The highest BCUT2D eigenvalue weighted by Crippen LogP contribution is 2.30. The molecule has 1 aromatic carbocycles. The van der Waals surface area contributed by atoms with E-state index in [0.29, 0.717) is 0 Å². The van der Waals surface area contributed by atoms with Crippen molar-refractivity contribution in [3.05, 3.63) is 23.3 Å². The van der Waals surface area contributed by atoms with Crippen molar-refractivity contribution in [1.82, 2.24) is 0 Å². The van der Waals surface area contributed by atoms with Crippen molar-refractivity contribution < 1.29 is 38.5 Å². The third-order valence-electron chi connectivity index (χ3n) is 4.13. The maximum Gasteiger partial charge on any atom is 0.342 e. The third-order valence-corrected chi connectivity index (χ3v) is 4.13. The molecular formula is C18H19FO7. The molecule has 1 heterocycles. The van der Waals surface area contributed by atoms with Crippen molar-refractivity contribution in [2.24, 2.45) is 0 Å². The first-order valence-electron chi connectivity index (χ1n) is 8.22. The Kier molecular flexibility index (Phi) is 6.07. The summed E-state index contributed by atoms with van der Waals surface area (Å²) in [7, 11) is 0. The number of carbonyl (C=O) groups is 4. The number of aromatic hydroxyl groups is 2. The predicted octanol–water partition coefficient (Wildman–Crippen LogP) is 1.80. The summed E-state index contributed by atoms with van der Waals surface area (Å²) in [4.78, 5) is 47.5. The van der Waals surface area contributed by atoms with Gasteiger partial charge in [-0.15, -0.1) is 0 Å². The minimum absolute atomic E-state index is 0.0473. The van der Waals surface area contributed by atoms with Gasteiger partial charge in [-0.2, -0.15) is 0 Å². The monoisotopic (exact) mass is 366 g/mol. The van der Waals surface area contributed by atoms with Crippen LogP contribution in [0.3, 0.4) is 0 Å². The minimum atomic E-state index is -2.13. The zero-order valence-corrected chi connectivity index (χ0v) is 14.2. The molecule has 1 aliphatic rings. The number of ether oxygens (including phenoxy) is 1. The number of phenolic OH excluding ortho intramolecular Hbond substituents is 2. The lowest BCUT2D eigenvalue weighted by Gasteiger charge is -2.17. The lowest BCUT2D eigenvalue weighted by Crippen LogP contribution is -2.32. The quantitative estimate of drug-likeness (QED) is 0.531. The Balaban J connectivity index is 2.35. The van der Waals surface area contributed by atoms with Gasteiger partial charge in [0.1, 0.15) is 17.1 Å². The van der Waals surface area contributed by atoms with Crippen LogP contribution in [0.2, 0.25) is 0 Å². The molecule has 0 saturated carbocycles. The Bertz CT molecular complexity index is 756. The zero-order valence-electron chi connectivity index (χ0n) is 14.2. The van der Waals surface area contributed by atoms with Crippen LogP contribution in [0.5, 0.6) is 11.5 Å². The normalized spacial score (nSPS) is 23.2. The van der Waals surface area contributed by atoms with E-state index in [1.54, 1.807) is 0 Å². The lowest BCUT2D eigenvalue weighted by atomic mass is 9.96. The molecule has 2 rings (SSSR count). The van der Waals surface area contributed by atoms with Crippen molar-refractivity contribution in [2.75, 3.05) is 0 Å². The molecule has 0 saturated heterocycles. The van der Waals surface area contributed by atoms with Crippen LogP contribution in [-0.4, -0.2) is 45.8 Å². The number of carbonyl (C=O) groups excluding carboxylic acids is 4. The molecule has 0 bridgehead atoms. The molecule has 8 heteroatoms. The van der Waals surface area contributed by atoms with E-state index in [0.717, 1.165) is 6.07 Å². The van der Waals surface area contributed by atoms with Gasteiger partial charge in [-0.3, -0.25) is 14.4 Å². The average Bonchev–Trinajstić information content (AvgIpc) is 2.56. The number of esters is 1. The fourth-order valence-corrected chi connectivity index (χ4v) is 2.75. The smallest absolute Gasteiger partial charge is 0.342 e. The van der Waals surface area contributed by atoms with Gasteiger partial charge in [0.15, 0.2) is 6.17 Å². The van der Waals surface area contributed by atoms with Crippen molar-refractivity contribution in [1.29, 1.82) is 0 Å². The van der Waals surface area contributed by atoms with E-state index in [9.17, 15) is 33.8 Å². The van der Waals surface area contributed by atoms with E-state index in [1.165, 1.54) is 13.0 Å². The average molecular weight is 366 g/mol. The molecule has 1 aromatic rings. The Morgan fingerprint density at radius 2 is 1.77 bits per heavy atom. The van der Waals surface area contributed by atoms with E-state index in [2.05, 4.69) is 0 Å². The maximum atomic E-state index is 13.9. The van der Waals surface area contributed by atoms with Crippen LogP contribution in [0.1, 0.15) is 48.5 Å². The van der Waals surface area contributed by atoms with Crippen LogP contribution in [0.15, 0.2) is 12.1 Å². The molecule has 0 aliphatic carbocycles. The Morgan fingerprint density at radius 3 is 2.46 bits per heavy atom. The van der Waals surface area contributed by atoms with Gasteiger partial charge in [0.2, 0.25) is 11.6 Å². The van der Waals surface area contributed by atoms with E-state index >= 15 is 0 Å². The number of halogens is 1. The third kappa shape index (κ3) is 4.44. The highest BCUT2D eigenvalue weighted by molar-refractivity contribution is 6.64. The first-order chi connectivity index (χ1) is 12.2. The summed E-state index contributed by atoms with van der Waals surface area (Å²) in [5, 5.41) is 19.6. The number of phenols is 2. The molecule has 0 amide bonds. The number of benzene rings is 1. The number of hydrogen-bond donors (Lipinski definition) is 2. The maximum absolute atomic E-state index is 13.9. The second-order valence-electron chi connectivity index (χ2n) is 6.23. The molecule has 0 spiro atoms. The second kappa shape index (κ2) is 8.07. The summed E-state index contributed by atoms with van der Waals surface area (Å²) in [5.41, 5.74) is 0.0880. The summed E-state index contributed by atoms with van der Waals surface area (Å²) in [6.45, 7) is 1.48. The topological polar surface area (TPSA) is 118 Å². The molecule has 7 nitrogen and oxygen atoms in total. The van der Waals surface area contributed by atoms with Crippen LogP contribution in [-0.2, 0) is 25.5 Å². The molecule has 0 fully saturated rings. The van der Waals surface area contributed by atoms with Gasteiger partial charge in [-0.1, -0.05) is 0 Å². The van der Waals surface area contributed by atoms with Crippen molar-refractivity contribution in [3.63, 3.8) is 0 Å². The molecular weight excluding hydrogens is 347 g/mol. The summed E-state index contributed by atoms with van der Waals surface area (Å²) in [5.74, 6) is -5.38. The number of aryl methyl sites for hydroxylation is 1. The Hall–Kier alpha value is -2.77. The predicted molar refractivity (Wildman–Crippen MR) is 86.7 cm³/mol. The Labute approximate surface area is 148 Å². The highest BCUT2D eigenvalue weighted by Gasteiger charge is 2.31. The fraction of sp³-hybridized carbons (Fsp3) is 0.444. The fourth-order valence-electron chi connectivity index (χ4n) is 2.75. The SMILES string of the molecule is C[C@H]1CCC(F)C(=O)C(=O)C(=O)CCCc2cc(O)cc(O)c2C(=O)O1. The number of Topliss-reactive ketones (excluding diaryl/α,β-unsaturated/α-hetero) is 3. The van der Waals surface area contributed by atoms with Gasteiger partial charge in [0.25, 0.3) is 5.78 Å². The van der Waals surface area contributed by atoms with Gasteiger partial charge in [0.05, 0.1) is 6.10 Å². The molecule has 0 radical (unpaired) electrons. The van der Waals surface area contributed by atoms with Crippen molar-refractivity contribution in [2.45, 2.75) is 51.3 Å². The van der Waals surface area contributed by atoms with Gasteiger partial charge in [-0.25, -0.2) is 9.18 Å². The molecule has 1 aliphatic heterocycles. The standard InChI is InChI=1S/C18H19FO7/c1-9-5-6-12(19)16(23)17(24)13(21)4-2-3-10-7-11(20)8-14(22)15(10)18(25)26-9/h7-9,12,20,22H,2-6H2,1H3/t9-,12?/m0/s1. The van der Waals surface area contributed by atoms with E-state index < -0.39 is 41.3 Å². The number of alkyl halides is 1. The number of ketones is 3. The van der Waals surface area contributed by atoms with Crippen LogP contribution < -0.4 is 0 Å². The number of cyclic esters (lactones) is 1. The zero-order chi connectivity index (χ0) is 19.4. The highest BCUT2D eigenvalue weighted by atomic mass is 19.1. The van der Waals surface area contributed by atoms with E-state index in [4.69, 9.17) is 4.74 Å². The van der Waals surface area contributed by atoms with E-state index in [-0.39, 0.29) is 49.0 Å². The van der Waals surface area contributed by atoms with Crippen molar-refractivity contribution in [3.8, 4) is 11.5 Å². The summed E-state index contributed by atoms with van der Waals surface area (Å²) in [6.07, 6.45) is -3.54. The number of hydrogen-bond acceptors (Lipinski definition) is 7. The molecule has 0 aromatic heterocycles. The van der Waals surface area contributed by atoms with Crippen molar-refractivity contribution >= 4 is 23.3 Å². The summed E-state index contributed by atoms with van der Waals surface area (Å²) < 4.78 is 19.0. The molecule has 140 valence electrons. The Morgan fingerprint density at radius 1 is 1.08 bits per heavy atom. The number of rotatable bonds is 0. The first-order valence-corrected chi connectivity index (χ1v) is 8.22. The molecule has 2 atom stereocenters. The summed E-state index contributed by atoms with van der Waals surface area (Å²) in [6, 6.07) is 2.24. The van der Waals surface area contributed by atoms with Gasteiger partial charge in [0, 0.05) is 12.5 Å². The van der Waals surface area contributed by atoms with E-state index in [1.807, 2.05) is 0 Å². The summed E-state index contributed by atoms with van der Waals surface area (Å²) >= 11 is 0. The molecule has 1 unspecified atom stereocenters. The lowest BCUT2D eigenvalue weighted by molar-refractivity contribution is -0.146. The second-order valence-corrected chi connectivity index (χ2v) is 6.23. The van der Waals surface area contributed by atoms with Crippen LogP contribution in [0.25, 0.3) is 0 Å². The van der Waals surface area contributed by atoms with Gasteiger partial charge < -0.3 is 14.9 Å². The van der Waals surface area contributed by atoms with Gasteiger partial charge >= 0.3 is 5.97 Å². The molecule has 2 N–H and O–H groups in total. The van der Waals surface area contributed by atoms with Gasteiger partial charge in [-0.05, 0) is 44.2 Å². The van der Waals surface area contributed by atoms with Crippen LogP contribution in [0.4, 0.5) is 4.39 Å². The first kappa shape index (κ1) is 19.6. The minimum Gasteiger partial charge on any atom is -0.508 e. The number of fused-ring (bicyclic) bond motifs is 1. The largest absolute Gasteiger partial charge is 0.508 e. The molecule has 26 heavy (non-hydrogen) atoms. The van der Waals surface area contributed by atoms with Crippen LogP contribution >= 0.6 is 0 Å².